The normalized spacial score (nSPS) is 12.6. The van der Waals surface area contributed by atoms with Gasteiger partial charge in [0.25, 0.3) is 5.56 Å². The van der Waals surface area contributed by atoms with E-state index >= 15 is 0 Å². The Labute approximate surface area is 193 Å². The molecule has 0 aliphatic carbocycles. The van der Waals surface area contributed by atoms with Crippen molar-refractivity contribution in [3.63, 3.8) is 0 Å². The number of carbonyl (C=O) groups is 1. The standard InChI is InChI=1S/C25H23F3N4O2/c1-4-20(23(34)29-19-13-9-8-12-18(19)25(26,27)28)31-21(33)14-15(2)22-16(3)30-32(24(22)31)17-10-6-5-7-11-17/h5-14,20H,4H2,1-3H3,(H,29,34). The number of alkyl halides is 3. The van der Waals surface area contributed by atoms with E-state index in [2.05, 4.69) is 10.4 Å². The van der Waals surface area contributed by atoms with Crippen molar-refractivity contribution in [3.8, 4) is 5.69 Å². The molecule has 0 saturated carbocycles. The first-order valence-electron chi connectivity index (χ1n) is 10.8. The van der Waals surface area contributed by atoms with Crippen LogP contribution in [0.4, 0.5) is 18.9 Å². The highest BCUT2D eigenvalue weighted by atomic mass is 19.4. The Bertz CT molecular complexity index is 1420. The number of aromatic nitrogens is 3. The lowest BCUT2D eigenvalue weighted by Crippen LogP contribution is -2.34. The van der Waals surface area contributed by atoms with Crippen molar-refractivity contribution in [2.24, 2.45) is 0 Å². The van der Waals surface area contributed by atoms with Gasteiger partial charge in [0.1, 0.15) is 11.7 Å². The second-order valence-corrected chi connectivity index (χ2v) is 8.02. The third-order valence-corrected chi connectivity index (χ3v) is 5.73. The maximum Gasteiger partial charge on any atom is 0.418 e. The van der Waals surface area contributed by atoms with E-state index in [9.17, 15) is 22.8 Å². The molecule has 0 spiro atoms. The van der Waals surface area contributed by atoms with Gasteiger partial charge in [0.15, 0.2) is 0 Å². The zero-order valence-electron chi connectivity index (χ0n) is 18.8. The van der Waals surface area contributed by atoms with Crippen LogP contribution in [-0.4, -0.2) is 20.3 Å². The number of hydrogen-bond donors (Lipinski definition) is 1. The van der Waals surface area contributed by atoms with Crippen LogP contribution in [0.1, 0.15) is 36.2 Å². The fourth-order valence-electron chi connectivity index (χ4n) is 4.22. The minimum atomic E-state index is -4.64. The molecule has 0 aliphatic rings. The van der Waals surface area contributed by atoms with Crippen molar-refractivity contribution in [2.75, 3.05) is 5.32 Å². The summed E-state index contributed by atoms with van der Waals surface area (Å²) in [4.78, 5) is 26.5. The number of amides is 1. The maximum absolute atomic E-state index is 13.4. The summed E-state index contributed by atoms with van der Waals surface area (Å²) in [6.45, 7) is 5.30. The number of pyridine rings is 1. The minimum absolute atomic E-state index is 0.178. The van der Waals surface area contributed by atoms with Gasteiger partial charge in [0.2, 0.25) is 5.91 Å². The Hall–Kier alpha value is -3.88. The summed E-state index contributed by atoms with van der Waals surface area (Å²) in [7, 11) is 0. The molecule has 4 rings (SSSR count). The third-order valence-electron chi connectivity index (χ3n) is 5.73. The van der Waals surface area contributed by atoms with Gasteiger partial charge in [-0.25, -0.2) is 4.68 Å². The Morgan fingerprint density at radius 2 is 1.71 bits per heavy atom. The van der Waals surface area contributed by atoms with E-state index in [1.54, 1.807) is 18.5 Å². The smallest absolute Gasteiger partial charge is 0.324 e. The van der Waals surface area contributed by atoms with Crippen LogP contribution in [0.15, 0.2) is 65.5 Å². The summed E-state index contributed by atoms with van der Waals surface area (Å²) in [5, 5.41) is 7.71. The lowest BCUT2D eigenvalue weighted by atomic mass is 10.1. The first-order chi connectivity index (χ1) is 16.1. The zero-order chi connectivity index (χ0) is 24.6. The average molecular weight is 468 g/mol. The first-order valence-corrected chi connectivity index (χ1v) is 10.8. The molecule has 0 bridgehead atoms. The molecule has 2 aromatic heterocycles. The number of aryl methyl sites for hydroxylation is 2. The molecule has 2 heterocycles. The second kappa shape index (κ2) is 8.81. The number of nitrogens with zero attached hydrogens (tertiary/aromatic N) is 3. The summed E-state index contributed by atoms with van der Waals surface area (Å²) in [6.07, 6.45) is -4.46. The van der Waals surface area contributed by atoms with Crippen molar-refractivity contribution in [1.29, 1.82) is 0 Å². The van der Waals surface area contributed by atoms with Gasteiger partial charge < -0.3 is 5.32 Å². The molecule has 176 valence electrons. The van der Waals surface area contributed by atoms with Gasteiger partial charge in [-0.2, -0.15) is 18.3 Å². The lowest BCUT2D eigenvalue weighted by Gasteiger charge is -2.22. The van der Waals surface area contributed by atoms with E-state index in [0.29, 0.717) is 28.0 Å². The number of rotatable bonds is 5. The Balaban J connectivity index is 1.89. The number of benzene rings is 2. The largest absolute Gasteiger partial charge is 0.418 e. The first kappa shape index (κ1) is 23.3. The van der Waals surface area contributed by atoms with Gasteiger partial charge in [-0.1, -0.05) is 37.3 Å². The van der Waals surface area contributed by atoms with Gasteiger partial charge in [-0.05, 0) is 50.1 Å². The van der Waals surface area contributed by atoms with E-state index in [-0.39, 0.29) is 12.1 Å². The van der Waals surface area contributed by atoms with Crippen LogP contribution in [0.3, 0.4) is 0 Å². The highest BCUT2D eigenvalue weighted by Gasteiger charge is 2.34. The third kappa shape index (κ3) is 4.09. The zero-order valence-corrected chi connectivity index (χ0v) is 18.8. The number of para-hydroxylation sites is 2. The number of halogens is 3. The van der Waals surface area contributed by atoms with Crippen LogP contribution in [-0.2, 0) is 11.0 Å². The topological polar surface area (TPSA) is 68.9 Å². The van der Waals surface area contributed by atoms with E-state index < -0.39 is 29.2 Å². The summed E-state index contributed by atoms with van der Waals surface area (Å²) in [6, 6.07) is 14.3. The molecule has 1 N–H and O–H groups in total. The fraction of sp³-hybridized carbons (Fsp3) is 0.240. The molecular weight excluding hydrogens is 445 g/mol. The minimum Gasteiger partial charge on any atom is -0.324 e. The molecule has 0 saturated heterocycles. The van der Waals surface area contributed by atoms with Crippen molar-refractivity contribution in [1.82, 2.24) is 14.3 Å². The fourth-order valence-corrected chi connectivity index (χ4v) is 4.22. The van der Waals surface area contributed by atoms with E-state index in [1.165, 1.54) is 28.8 Å². The molecule has 2 aromatic carbocycles. The Morgan fingerprint density at radius 3 is 2.35 bits per heavy atom. The van der Waals surface area contributed by atoms with Crippen LogP contribution in [0.25, 0.3) is 16.7 Å². The summed E-state index contributed by atoms with van der Waals surface area (Å²) >= 11 is 0. The predicted octanol–water partition coefficient (Wildman–Crippen LogP) is 5.41. The van der Waals surface area contributed by atoms with E-state index in [0.717, 1.165) is 6.07 Å². The van der Waals surface area contributed by atoms with Gasteiger partial charge in [-0.15, -0.1) is 0 Å². The molecule has 1 unspecified atom stereocenters. The predicted molar refractivity (Wildman–Crippen MR) is 124 cm³/mol. The summed E-state index contributed by atoms with van der Waals surface area (Å²) in [5.41, 5.74) is 0.730. The molecule has 0 aliphatic heterocycles. The molecule has 6 nitrogen and oxygen atoms in total. The second-order valence-electron chi connectivity index (χ2n) is 8.02. The molecule has 9 heteroatoms. The quantitative estimate of drug-likeness (QED) is 0.426. The summed E-state index contributed by atoms with van der Waals surface area (Å²) < 4.78 is 43.3. The number of fused-ring (bicyclic) bond motifs is 1. The van der Waals surface area contributed by atoms with Crippen LogP contribution < -0.4 is 10.9 Å². The number of nitrogens with one attached hydrogen (secondary N) is 1. The van der Waals surface area contributed by atoms with E-state index in [4.69, 9.17) is 0 Å². The summed E-state index contributed by atoms with van der Waals surface area (Å²) in [5.74, 6) is -0.718. The number of carbonyl (C=O) groups excluding carboxylic acids is 1. The number of hydrogen-bond acceptors (Lipinski definition) is 3. The maximum atomic E-state index is 13.4. The monoisotopic (exact) mass is 468 g/mol. The molecule has 0 fully saturated rings. The molecule has 4 aromatic rings. The lowest BCUT2D eigenvalue weighted by molar-refractivity contribution is -0.137. The number of anilines is 1. The van der Waals surface area contributed by atoms with Gasteiger partial charge in [-0.3, -0.25) is 14.2 Å². The van der Waals surface area contributed by atoms with Crippen molar-refractivity contribution < 1.29 is 18.0 Å². The molecule has 1 atom stereocenters. The average Bonchev–Trinajstić information content (AvgIpc) is 3.14. The Morgan fingerprint density at radius 1 is 1.06 bits per heavy atom. The highest BCUT2D eigenvalue weighted by Crippen LogP contribution is 2.35. The van der Waals surface area contributed by atoms with Gasteiger partial charge in [0, 0.05) is 11.5 Å². The van der Waals surface area contributed by atoms with Crippen LogP contribution in [0, 0.1) is 13.8 Å². The van der Waals surface area contributed by atoms with Gasteiger partial charge in [0.05, 0.1) is 22.6 Å². The Kier molecular flexibility index (Phi) is 6.03. The van der Waals surface area contributed by atoms with Gasteiger partial charge >= 0.3 is 6.18 Å². The highest BCUT2D eigenvalue weighted by molar-refractivity contribution is 5.96. The van der Waals surface area contributed by atoms with Crippen molar-refractivity contribution in [3.05, 3.63) is 87.8 Å². The molecule has 1 amide bonds. The van der Waals surface area contributed by atoms with Crippen LogP contribution >= 0.6 is 0 Å². The molecule has 34 heavy (non-hydrogen) atoms. The van der Waals surface area contributed by atoms with Crippen LogP contribution in [0.5, 0.6) is 0 Å². The van der Waals surface area contributed by atoms with Crippen LogP contribution in [0.2, 0.25) is 0 Å². The molecule has 0 radical (unpaired) electrons. The molecular formula is C25H23F3N4O2. The van der Waals surface area contributed by atoms with Crippen molar-refractivity contribution >= 4 is 22.6 Å². The van der Waals surface area contributed by atoms with E-state index in [1.807, 2.05) is 37.3 Å². The van der Waals surface area contributed by atoms with Crippen molar-refractivity contribution in [2.45, 2.75) is 39.4 Å². The SMILES string of the molecule is CCC(C(=O)Nc1ccccc1C(F)(F)F)n1c(=O)cc(C)c2c(C)nn(-c3ccccc3)c21.